The van der Waals surface area contributed by atoms with Crippen molar-refractivity contribution < 1.29 is 17.9 Å². The normalized spacial score (nSPS) is 10.6. The summed E-state index contributed by atoms with van der Waals surface area (Å²) in [5.74, 6) is -0.549. The van der Waals surface area contributed by atoms with Gasteiger partial charge in [-0.25, -0.2) is 4.98 Å². The van der Waals surface area contributed by atoms with Gasteiger partial charge in [-0.1, -0.05) is 0 Å². The molecule has 126 valence electrons. The molecule has 0 aliphatic carbocycles. The summed E-state index contributed by atoms with van der Waals surface area (Å²) < 4.78 is 39.9. The van der Waals surface area contributed by atoms with Crippen LogP contribution in [0.3, 0.4) is 0 Å². The maximum atomic E-state index is 12.1. The molecule has 24 heavy (non-hydrogen) atoms. The molecule has 1 aromatic carbocycles. The lowest BCUT2D eigenvalue weighted by atomic mass is 10.3. The van der Waals surface area contributed by atoms with Crippen LogP contribution in [0.1, 0.15) is 0 Å². The van der Waals surface area contributed by atoms with Gasteiger partial charge in [0, 0.05) is 18.1 Å². The Labute approximate surface area is 134 Å². The molecule has 0 saturated heterocycles. The van der Waals surface area contributed by atoms with Gasteiger partial charge >= 0.3 is 6.36 Å². The zero-order chi connectivity index (χ0) is 17.6. The Bertz CT molecular complexity index is 704. The molecule has 0 saturated carbocycles. The quantitative estimate of drug-likeness (QED) is 0.433. The van der Waals surface area contributed by atoms with E-state index in [9.17, 15) is 13.2 Å². The summed E-state index contributed by atoms with van der Waals surface area (Å²) in [7, 11) is 0. The molecule has 0 spiro atoms. The molecule has 8 nitrogen and oxygen atoms in total. The fourth-order valence-electron chi connectivity index (χ4n) is 1.56. The SMILES string of the molecule is N=C(NC(=N)Nc1cnccn1)Nc1ccc(OC(F)(F)F)cc1. The van der Waals surface area contributed by atoms with Gasteiger partial charge in [0.05, 0.1) is 6.20 Å². The van der Waals surface area contributed by atoms with E-state index >= 15 is 0 Å². The van der Waals surface area contributed by atoms with Gasteiger partial charge in [0.15, 0.2) is 11.8 Å². The maximum absolute atomic E-state index is 12.1. The second-order valence-corrected chi connectivity index (χ2v) is 4.29. The van der Waals surface area contributed by atoms with Crippen LogP contribution in [0.2, 0.25) is 0 Å². The highest BCUT2D eigenvalue weighted by Crippen LogP contribution is 2.23. The number of rotatable bonds is 3. The van der Waals surface area contributed by atoms with Crippen molar-refractivity contribution in [1.82, 2.24) is 15.3 Å². The highest BCUT2D eigenvalue weighted by atomic mass is 19.4. The number of guanidine groups is 2. The number of hydrogen-bond donors (Lipinski definition) is 5. The third kappa shape index (κ3) is 5.79. The first-order valence-corrected chi connectivity index (χ1v) is 6.42. The standard InChI is InChI=1S/C13H12F3N7O/c14-13(15,16)24-9-3-1-8(2-4-9)21-11(17)23-12(18)22-10-7-19-5-6-20-10/h1-7H,(H5,17,18,20,21,22,23). The third-order valence-electron chi connectivity index (χ3n) is 2.42. The molecule has 11 heteroatoms. The van der Waals surface area contributed by atoms with Crippen LogP contribution in [0.4, 0.5) is 24.7 Å². The maximum Gasteiger partial charge on any atom is 0.573 e. The monoisotopic (exact) mass is 339 g/mol. The zero-order valence-corrected chi connectivity index (χ0v) is 12.0. The first-order chi connectivity index (χ1) is 11.3. The van der Waals surface area contributed by atoms with Gasteiger partial charge in [-0.3, -0.25) is 21.1 Å². The van der Waals surface area contributed by atoms with Crippen LogP contribution in [-0.2, 0) is 0 Å². The number of hydrogen-bond acceptors (Lipinski definition) is 5. The highest BCUT2D eigenvalue weighted by molar-refractivity contribution is 6.06. The average Bonchev–Trinajstić information content (AvgIpc) is 2.48. The van der Waals surface area contributed by atoms with E-state index < -0.39 is 6.36 Å². The lowest BCUT2D eigenvalue weighted by molar-refractivity contribution is -0.274. The Morgan fingerprint density at radius 3 is 2.25 bits per heavy atom. The van der Waals surface area contributed by atoms with E-state index in [4.69, 9.17) is 10.8 Å². The van der Waals surface area contributed by atoms with Crippen LogP contribution in [0.5, 0.6) is 5.75 Å². The van der Waals surface area contributed by atoms with Crippen LogP contribution in [0.25, 0.3) is 0 Å². The number of halogens is 3. The van der Waals surface area contributed by atoms with Crippen molar-refractivity contribution in [2.45, 2.75) is 6.36 Å². The van der Waals surface area contributed by atoms with Gasteiger partial charge in [0.1, 0.15) is 5.75 Å². The van der Waals surface area contributed by atoms with E-state index in [1.165, 1.54) is 30.7 Å². The largest absolute Gasteiger partial charge is 0.573 e. The Morgan fingerprint density at radius 1 is 1.00 bits per heavy atom. The lowest BCUT2D eigenvalue weighted by Crippen LogP contribution is -2.38. The van der Waals surface area contributed by atoms with Gasteiger partial charge in [-0.05, 0) is 24.3 Å². The minimum absolute atomic E-state index is 0.231. The molecule has 1 aromatic heterocycles. The van der Waals surface area contributed by atoms with Gasteiger partial charge in [0.25, 0.3) is 0 Å². The van der Waals surface area contributed by atoms with Crippen LogP contribution in [0.15, 0.2) is 42.9 Å². The fraction of sp³-hybridized carbons (Fsp3) is 0.0769. The average molecular weight is 339 g/mol. The predicted octanol–water partition coefficient (Wildman–Crippen LogP) is 2.36. The molecule has 1 heterocycles. The zero-order valence-electron chi connectivity index (χ0n) is 12.0. The molecular formula is C13H12F3N7O. The molecule has 2 aromatic rings. The van der Waals surface area contributed by atoms with Gasteiger partial charge < -0.3 is 15.4 Å². The number of benzene rings is 1. The van der Waals surface area contributed by atoms with Gasteiger partial charge in [-0.2, -0.15) is 0 Å². The Balaban J connectivity index is 1.84. The van der Waals surface area contributed by atoms with Crippen molar-refractivity contribution in [2.75, 3.05) is 10.6 Å². The van der Waals surface area contributed by atoms with E-state index in [-0.39, 0.29) is 17.7 Å². The number of nitrogens with zero attached hydrogens (tertiary/aromatic N) is 2. The fourth-order valence-corrected chi connectivity index (χ4v) is 1.56. The number of alkyl halides is 3. The summed E-state index contributed by atoms with van der Waals surface area (Å²) in [6, 6.07) is 4.81. The summed E-state index contributed by atoms with van der Waals surface area (Å²) in [5.41, 5.74) is 0.342. The Hall–Kier alpha value is -3.37. The molecule has 2 rings (SSSR count). The second kappa shape index (κ2) is 7.26. The minimum atomic E-state index is -4.76. The van der Waals surface area contributed by atoms with Crippen molar-refractivity contribution in [3.8, 4) is 5.75 Å². The molecule has 0 unspecified atom stereocenters. The van der Waals surface area contributed by atoms with E-state index in [0.29, 0.717) is 11.5 Å². The number of nitrogens with one attached hydrogen (secondary N) is 5. The number of ether oxygens (including phenoxy) is 1. The van der Waals surface area contributed by atoms with E-state index in [1.807, 2.05) is 0 Å². The molecule has 0 radical (unpaired) electrons. The smallest absolute Gasteiger partial charge is 0.406 e. The lowest BCUT2D eigenvalue weighted by Gasteiger charge is -2.13. The molecule has 0 aliphatic heterocycles. The van der Waals surface area contributed by atoms with Crippen molar-refractivity contribution in [1.29, 1.82) is 10.8 Å². The molecular weight excluding hydrogens is 327 g/mol. The summed E-state index contributed by atoms with van der Waals surface area (Å²) in [5, 5.41) is 22.8. The second-order valence-electron chi connectivity index (χ2n) is 4.29. The van der Waals surface area contributed by atoms with E-state index in [0.717, 1.165) is 12.1 Å². The summed E-state index contributed by atoms with van der Waals surface area (Å²) >= 11 is 0. The summed E-state index contributed by atoms with van der Waals surface area (Å²) in [6.07, 6.45) is -0.460. The highest BCUT2D eigenvalue weighted by Gasteiger charge is 2.30. The topological polar surface area (TPSA) is 119 Å². The van der Waals surface area contributed by atoms with Crippen molar-refractivity contribution in [3.63, 3.8) is 0 Å². The van der Waals surface area contributed by atoms with Gasteiger partial charge in [-0.15, -0.1) is 13.2 Å². The predicted molar refractivity (Wildman–Crippen MR) is 81.0 cm³/mol. The van der Waals surface area contributed by atoms with Crippen LogP contribution in [-0.4, -0.2) is 28.2 Å². The molecule has 0 atom stereocenters. The van der Waals surface area contributed by atoms with Crippen LogP contribution < -0.4 is 20.7 Å². The first kappa shape index (κ1) is 17.0. The third-order valence-corrected chi connectivity index (χ3v) is 2.42. The first-order valence-electron chi connectivity index (χ1n) is 6.42. The molecule has 0 fully saturated rings. The number of anilines is 2. The van der Waals surface area contributed by atoms with E-state index in [2.05, 4.69) is 30.7 Å². The molecule has 5 N–H and O–H groups in total. The molecule has 0 amide bonds. The Morgan fingerprint density at radius 2 is 1.67 bits per heavy atom. The van der Waals surface area contributed by atoms with Gasteiger partial charge in [0.2, 0.25) is 5.96 Å². The molecule has 0 bridgehead atoms. The Kier molecular flexibility index (Phi) is 5.14. The summed E-state index contributed by atoms with van der Waals surface area (Å²) in [4.78, 5) is 7.71. The van der Waals surface area contributed by atoms with E-state index in [1.54, 1.807) is 0 Å². The van der Waals surface area contributed by atoms with Crippen LogP contribution >= 0.6 is 0 Å². The van der Waals surface area contributed by atoms with Crippen molar-refractivity contribution in [3.05, 3.63) is 42.9 Å². The van der Waals surface area contributed by atoms with Crippen molar-refractivity contribution in [2.24, 2.45) is 0 Å². The number of aromatic nitrogens is 2. The van der Waals surface area contributed by atoms with Crippen LogP contribution in [0, 0.1) is 10.8 Å². The minimum Gasteiger partial charge on any atom is -0.406 e. The summed E-state index contributed by atoms with van der Waals surface area (Å²) in [6.45, 7) is 0. The molecule has 0 aliphatic rings. The van der Waals surface area contributed by atoms with Crippen molar-refractivity contribution >= 4 is 23.4 Å².